The molecule has 1 aromatic rings. The predicted molar refractivity (Wildman–Crippen MR) is 96.8 cm³/mol. The summed E-state index contributed by atoms with van der Waals surface area (Å²) >= 11 is 1.34. The molecule has 0 bridgehead atoms. The van der Waals surface area contributed by atoms with Gasteiger partial charge in [0.05, 0.1) is 12.1 Å². The number of hydrogen-bond donors (Lipinski definition) is 3. The standard InChI is InChI=1S/C17H28N4O2S/c1-11(2)16(23)21-17-19-13(10-24-17)8-15(22)20-14(9-18)12-6-4-3-5-7-12/h10-12,14H,3-9,18H2,1-2H3,(H,20,22)(H,19,21,23). The third kappa shape index (κ3) is 5.56. The van der Waals surface area contributed by atoms with Crippen LogP contribution in [0.25, 0.3) is 0 Å². The van der Waals surface area contributed by atoms with Gasteiger partial charge < -0.3 is 16.4 Å². The Morgan fingerprint density at radius 1 is 1.33 bits per heavy atom. The van der Waals surface area contributed by atoms with Crippen LogP contribution in [-0.2, 0) is 16.0 Å². The minimum Gasteiger partial charge on any atom is -0.351 e. The Balaban J connectivity index is 1.85. The van der Waals surface area contributed by atoms with Crippen molar-refractivity contribution in [1.82, 2.24) is 10.3 Å². The molecule has 4 N–H and O–H groups in total. The average Bonchev–Trinajstić information content (AvgIpc) is 3.00. The molecule has 1 aromatic heterocycles. The minimum absolute atomic E-state index is 0.0524. The average molecular weight is 353 g/mol. The molecule has 1 aliphatic rings. The number of carbonyl (C=O) groups is 2. The van der Waals surface area contributed by atoms with E-state index < -0.39 is 0 Å². The van der Waals surface area contributed by atoms with E-state index in [1.807, 2.05) is 19.2 Å². The molecule has 1 atom stereocenters. The second kappa shape index (κ2) is 9.13. The number of hydrogen-bond acceptors (Lipinski definition) is 5. The lowest BCUT2D eigenvalue weighted by molar-refractivity contribution is -0.121. The van der Waals surface area contributed by atoms with Crippen LogP contribution in [0.2, 0.25) is 0 Å². The van der Waals surface area contributed by atoms with E-state index in [1.165, 1.54) is 30.6 Å². The molecule has 2 amide bonds. The molecule has 0 spiro atoms. The Labute approximate surface area is 147 Å². The summed E-state index contributed by atoms with van der Waals surface area (Å²) in [4.78, 5) is 28.3. The summed E-state index contributed by atoms with van der Waals surface area (Å²) in [5, 5.41) is 8.18. The molecule has 7 heteroatoms. The number of thiazole rings is 1. The van der Waals surface area contributed by atoms with Crippen molar-refractivity contribution in [3.05, 3.63) is 11.1 Å². The minimum atomic E-state index is -0.0959. The normalized spacial score (nSPS) is 16.8. The maximum Gasteiger partial charge on any atom is 0.228 e. The summed E-state index contributed by atoms with van der Waals surface area (Å²) in [6.45, 7) is 4.13. The van der Waals surface area contributed by atoms with Gasteiger partial charge in [-0.15, -0.1) is 11.3 Å². The van der Waals surface area contributed by atoms with Crippen molar-refractivity contribution < 1.29 is 9.59 Å². The fourth-order valence-electron chi connectivity index (χ4n) is 3.02. The quantitative estimate of drug-likeness (QED) is 0.701. The van der Waals surface area contributed by atoms with Crippen molar-refractivity contribution in [2.45, 2.75) is 58.4 Å². The topological polar surface area (TPSA) is 97.1 Å². The summed E-state index contributed by atoms with van der Waals surface area (Å²) in [5.74, 6) is 0.273. The van der Waals surface area contributed by atoms with E-state index in [0.29, 0.717) is 23.3 Å². The van der Waals surface area contributed by atoms with Crippen LogP contribution >= 0.6 is 11.3 Å². The van der Waals surface area contributed by atoms with E-state index in [9.17, 15) is 9.59 Å². The third-order valence-corrected chi connectivity index (χ3v) is 5.27. The van der Waals surface area contributed by atoms with Gasteiger partial charge in [0.15, 0.2) is 5.13 Å². The molecule has 0 saturated heterocycles. The van der Waals surface area contributed by atoms with E-state index in [-0.39, 0.29) is 30.2 Å². The monoisotopic (exact) mass is 352 g/mol. The third-order valence-electron chi connectivity index (χ3n) is 4.47. The molecule has 2 rings (SSSR count). The Morgan fingerprint density at radius 3 is 2.67 bits per heavy atom. The van der Waals surface area contributed by atoms with E-state index in [0.717, 1.165) is 12.8 Å². The first-order valence-electron chi connectivity index (χ1n) is 8.74. The summed E-state index contributed by atoms with van der Waals surface area (Å²) < 4.78 is 0. The number of anilines is 1. The van der Waals surface area contributed by atoms with Crippen molar-refractivity contribution in [3.63, 3.8) is 0 Å². The lowest BCUT2D eigenvalue weighted by atomic mass is 9.84. The first kappa shape index (κ1) is 18.9. The Kier molecular flexibility index (Phi) is 7.17. The van der Waals surface area contributed by atoms with E-state index in [4.69, 9.17) is 5.73 Å². The molecule has 0 aromatic carbocycles. The predicted octanol–water partition coefficient (Wildman–Crippen LogP) is 2.30. The zero-order valence-electron chi connectivity index (χ0n) is 14.5. The molecule has 0 radical (unpaired) electrons. The maximum atomic E-state index is 12.3. The van der Waals surface area contributed by atoms with Gasteiger partial charge >= 0.3 is 0 Å². The zero-order valence-corrected chi connectivity index (χ0v) is 15.3. The molecular weight excluding hydrogens is 324 g/mol. The van der Waals surface area contributed by atoms with Gasteiger partial charge in [-0.05, 0) is 18.8 Å². The second-order valence-corrected chi connectivity index (χ2v) is 7.63. The van der Waals surface area contributed by atoms with Crippen LogP contribution in [-0.4, -0.2) is 29.4 Å². The fourth-order valence-corrected chi connectivity index (χ4v) is 3.74. The largest absolute Gasteiger partial charge is 0.351 e. The van der Waals surface area contributed by atoms with Crippen LogP contribution in [0.15, 0.2) is 5.38 Å². The highest BCUT2D eigenvalue weighted by molar-refractivity contribution is 7.13. The molecule has 1 heterocycles. The number of nitrogens with zero attached hydrogens (tertiary/aromatic N) is 1. The molecule has 134 valence electrons. The van der Waals surface area contributed by atoms with Crippen LogP contribution in [0.1, 0.15) is 51.6 Å². The molecule has 1 fully saturated rings. The maximum absolute atomic E-state index is 12.3. The number of rotatable bonds is 7. The van der Waals surface area contributed by atoms with Gasteiger partial charge in [0.2, 0.25) is 11.8 Å². The molecule has 1 unspecified atom stereocenters. The van der Waals surface area contributed by atoms with Gasteiger partial charge in [0.25, 0.3) is 0 Å². The second-order valence-electron chi connectivity index (χ2n) is 6.77. The molecule has 6 nitrogen and oxygen atoms in total. The fraction of sp³-hybridized carbons (Fsp3) is 0.706. The molecule has 24 heavy (non-hydrogen) atoms. The van der Waals surface area contributed by atoms with E-state index in [1.54, 1.807) is 0 Å². The van der Waals surface area contributed by atoms with Gasteiger partial charge in [-0.25, -0.2) is 4.98 Å². The van der Waals surface area contributed by atoms with Gasteiger partial charge in [0, 0.05) is 23.9 Å². The zero-order chi connectivity index (χ0) is 17.5. The number of aromatic nitrogens is 1. The first-order valence-corrected chi connectivity index (χ1v) is 9.62. The summed E-state index contributed by atoms with van der Waals surface area (Å²) in [7, 11) is 0. The van der Waals surface area contributed by atoms with E-state index in [2.05, 4.69) is 15.6 Å². The Bertz CT molecular complexity index is 553. The Hall–Kier alpha value is -1.47. The number of carbonyl (C=O) groups excluding carboxylic acids is 2. The summed E-state index contributed by atoms with van der Waals surface area (Å²) in [5.41, 5.74) is 6.53. The van der Waals surface area contributed by atoms with Crippen molar-refractivity contribution >= 4 is 28.3 Å². The van der Waals surface area contributed by atoms with Crippen molar-refractivity contribution in [2.24, 2.45) is 17.6 Å². The molecular formula is C17H28N4O2S. The van der Waals surface area contributed by atoms with Gasteiger partial charge in [0.1, 0.15) is 0 Å². The number of nitrogens with one attached hydrogen (secondary N) is 2. The molecule has 0 aliphatic heterocycles. The van der Waals surface area contributed by atoms with Crippen molar-refractivity contribution in [3.8, 4) is 0 Å². The van der Waals surface area contributed by atoms with Crippen LogP contribution in [0.4, 0.5) is 5.13 Å². The van der Waals surface area contributed by atoms with Crippen LogP contribution in [0.5, 0.6) is 0 Å². The summed E-state index contributed by atoms with van der Waals surface area (Å²) in [6, 6.07) is 0.0524. The Morgan fingerprint density at radius 2 is 2.04 bits per heavy atom. The SMILES string of the molecule is CC(C)C(=O)Nc1nc(CC(=O)NC(CN)C2CCCCC2)cs1. The van der Waals surface area contributed by atoms with E-state index >= 15 is 0 Å². The first-order chi connectivity index (χ1) is 11.5. The smallest absolute Gasteiger partial charge is 0.228 e. The van der Waals surface area contributed by atoms with Crippen molar-refractivity contribution in [2.75, 3.05) is 11.9 Å². The lowest BCUT2D eigenvalue weighted by Crippen LogP contribution is -2.46. The highest BCUT2D eigenvalue weighted by Gasteiger charge is 2.24. The van der Waals surface area contributed by atoms with Gasteiger partial charge in [-0.3, -0.25) is 9.59 Å². The van der Waals surface area contributed by atoms with Crippen LogP contribution in [0, 0.1) is 11.8 Å². The van der Waals surface area contributed by atoms with Gasteiger partial charge in [-0.2, -0.15) is 0 Å². The lowest BCUT2D eigenvalue weighted by Gasteiger charge is -2.30. The highest BCUT2D eigenvalue weighted by Crippen LogP contribution is 2.26. The summed E-state index contributed by atoms with van der Waals surface area (Å²) in [6.07, 6.45) is 6.24. The molecule has 1 saturated carbocycles. The van der Waals surface area contributed by atoms with Gasteiger partial charge in [-0.1, -0.05) is 33.1 Å². The van der Waals surface area contributed by atoms with Crippen LogP contribution in [0.3, 0.4) is 0 Å². The molecule has 1 aliphatic carbocycles. The van der Waals surface area contributed by atoms with Crippen LogP contribution < -0.4 is 16.4 Å². The highest BCUT2D eigenvalue weighted by atomic mass is 32.1. The number of amides is 2. The number of nitrogens with two attached hydrogens (primary N) is 1. The van der Waals surface area contributed by atoms with Crippen molar-refractivity contribution in [1.29, 1.82) is 0 Å².